The van der Waals surface area contributed by atoms with Gasteiger partial charge in [-0.25, -0.2) is 8.42 Å². The van der Waals surface area contributed by atoms with Crippen LogP contribution in [0.2, 0.25) is 0 Å². The lowest BCUT2D eigenvalue weighted by Gasteiger charge is -2.32. The first-order chi connectivity index (χ1) is 15.9. The van der Waals surface area contributed by atoms with Crippen molar-refractivity contribution < 1.29 is 13.2 Å². The van der Waals surface area contributed by atoms with E-state index >= 15 is 0 Å². The molecule has 1 unspecified atom stereocenters. The van der Waals surface area contributed by atoms with E-state index in [1.807, 2.05) is 12.1 Å². The lowest BCUT2D eigenvalue weighted by Crippen LogP contribution is -2.40. The summed E-state index contributed by atoms with van der Waals surface area (Å²) in [6, 6.07) is 14.9. The fourth-order valence-corrected chi connectivity index (χ4v) is 6.66. The van der Waals surface area contributed by atoms with Gasteiger partial charge in [0, 0.05) is 36.3 Å². The summed E-state index contributed by atoms with van der Waals surface area (Å²) in [7, 11) is -3.48. The highest BCUT2D eigenvalue weighted by Crippen LogP contribution is 2.24. The molecule has 0 aliphatic carbocycles. The molecule has 178 valence electrons. The minimum Gasteiger partial charge on any atom is -0.326 e. The molecule has 2 saturated heterocycles. The summed E-state index contributed by atoms with van der Waals surface area (Å²) in [5.41, 5.74) is 1.87. The van der Waals surface area contributed by atoms with E-state index in [4.69, 9.17) is 0 Å². The van der Waals surface area contributed by atoms with Gasteiger partial charge in [-0.15, -0.1) is 0 Å². The molecule has 2 aliphatic rings. The van der Waals surface area contributed by atoms with Gasteiger partial charge in [0.25, 0.3) is 0 Å². The summed E-state index contributed by atoms with van der Waals surface area (Å²) in [4.78, 5) is 15.5. The summed E-state index contributed by atoms with van der Waals surface area (Å²) in [6.07, 6.45) is 5.83. The highest BCUT2D eigenvalue weighted by Gasteiger charge is 2.27. The molecule has 1 atom stereocenters. The number of nitrogens with one attached hydrogen (secondary N) is 1. The number of carbonyl (C=O) groups excluding carboxylic acids is 1. The van der Waals surface area contributed by atoms with Crippen LogP contribution in [0.3, 0.4) is 0 Å². The zero-order valence-electron chi connectivity index (χ0n) is 18.9. The molecule has 4 rings (SSSR count). The van der Waals surface area contributed by atoms with Crippen molar-refractivity contribution in [3.8, 4) is 0 Å². The summed E-state index contributed by atoms with van der Waals surface area (Å²) in [5, 5.41) is 2.99. The number of anilines is 1. The lowest BCUT2D eigenvalue weighted by atomic mass is 9.96. The molecule has 0 aromatic heterocycles. The van der Waals surface area contributed by atoms with E-state index in [2.05, 4.69) is 38.3 Å². The number of carbonyl (C=O) groups is 1. The smallest absolute Gasteiger partial charge is 0.243 e. The Labute approximate surface area is 205 Å². The zero-order chi connectivity index (χ0) is 23.3. The van der Waals surface area contributed by atoms with Crippen LogP contribution < -0.4 is 5.32 Å². The van der Waals surface area contributed by atoms with E-state index in [1.54, 1.807) is 28.6 Å². The van der Waals surface area contributed by atoms with Gasteiger partial charge in [0.1, 0.15) is 0 Å². The van der Waals surface area contributed by atoms with Crippen LogP contribution in [-0.4, -0.2) is 49.7 Å². The van der Waals surface area contributed by atoms with E-state index in [9.17, 15) is 13.2 Å². The topological polar surface area (TPSA) is 69.7 Å². The second-order valence-corrected chi connectivity index (χ2v) is 11.9. The maximum absolute atomic E-state index is 13.0. The van der Waals surface area contributed by atoms with Gasteiger partial charge in [-0.3, -0.25) is 9.69 Å². The third-order valence-electron chi connectivity index (χ3n) is 6.50. The lowest BCUT2D eigenvalue weighted by molar-refractivity contribution is -0.121. The largest absolute Gasteiger partial charge is 0.326 e. The molecule has 2 aromatic rings. The van der Waals surface area contributed by atoms with Crippen LogP contribution in [0.4, 0.5) is 5.69 Å². The Morgan fingerprint density at radius 1 is 0.970 bits per heavy atom. The quantitative estimate of drug-likeness (QED) is 0.575. The molecule has 0 bridgehead atoms. The molecule has 2 heterocycles. The van der Waals surface area contributed by atoms with Crippen LogP contribution in [0.5, 0.6) is 0 Å². The van der Waals surface area contributed by atoms with E-state index in [1.165, 1.54) is 5.56 Å². The number of hydrogen-bond donors (Lipinski definition) is 1. The van der Waals surface area contributed by atoms with Crippen molar-refractivity contribution in [2.75, 3.05) is 31.5 Å². The Morgan fingerprint density at radius 2 is 1.70 bits per heavy atom. The van der Waals surface area contributed by atoms with Gasteiger partial charge >= 0.3 is 0 Å². The van der Waals surface area contributed by atoms with Crippen molar-refractivity contribution >= 4 is 37.5 Å². The van der Waals surface area contributed by atoms with Crippen LogP contribution in [0.15, 0.2) is 57.9 Å². The first-order valence-corrected chi connectivity index (χ1v) is 14.0. The van der Waals surface area contributed by atoms with Crippen molar-refractivity contribution in [1.29, 1.82) is 0 Å². The molecular weight excluding hydrogens is 502 g/mol. The average molecular weight is 535 g/mol. The minimum absolute atomic E-state index is 0.00272. The van der Waals surface area contributed by atoms with Gasteiger partial charge in [0.2, 0.25) is 15.9 Å². The Hall–Kier alpha value is -1.74. The number of likely N-dealkylation sites (tertiary alicyclic amines) is 1. The Morgan fingerprint density at radius 3 is 2.39 bits per heavy atom. The average Bonchev–Trinajstić information content (AvgIpc) is 3.10. The van der Waals surface area contributed by atoms with Crippen LogP contribution in [0, 0.1) is 5.92 Å². The Balaban J connectivity index is 1.35. The van der Waals surface area contributed by atoms with Gasteiger partial charge in [-0.1, -0.05) is 40.9 Å². The van der Waals surface area contributed by atoms with Crippen molar-refractivity contribution in [1.82, 2.24) is 9.21 Å². The molecule has 0 radical (unpaired) electrons. The molecule has 2 aromatic carbocycles. The number of benzene rings is 2. The summed E-state index contributed by atoms with van der Waals surface area (Å²) >= 11 is 3.52. The normalized spacial score (nSPS) is 20.8. The predicted molar refractivity (Wildman–Crippen MR) is 134 cm³/mol. The van der Waals surface area contributed by atoms with Crippen LogP contribution >= 0.6 is 15.9 Å². The first-order valence-electron chi connectivity index (χ1n) is 11.8. The number of rotatable bonds is 6. The molecule has 0 spiro atoms. The number of halogens is 1. The standard InChI is InChI=1S/C25H32BrN3O3S/c26-22-9-5-7-20(17-22)18-28-14-6-8-21(19-28)25(30)27-23-10-12-24(13-11-23)33(31,32)29-15-3-1-2-4-16-29/h5,7,9-13,17,21H,1-4,6,8,14-16,18-19H2,(H,27,30). The molecule has 8 heteroatoms. The summed E-state index contributed by atoms with van der Waals surface area (Å²) < 4.78 is 28.6. The van der Waals surface area contributed by atoms with Gasteiger partial charge in [0.15, 0.2) is 0 Å². The highest BCUT2D eigenvalue weighted by atomic mass is 79.9. The predicted octanol–water partition coefficient (Wildman–Crippen LogP) is 4.86. The van der Waals surface area contributed by atoms with Crippen LogP contribution in [0.1, 0.15) is 44.1 Å². The summed E-state index contributed by atoms with van der Waals surface area (Å²) in [5.74, 6) is -0.0801. The van der Waals surface area contributed by atoms with Crippen molar-refractivity contribution in [2.24, 2.45) is 5.92 Å². The van der Waals surface area contributed by atoms with E-state index < -0.39 is 10.0 Å². The minimum atomic E-state index is -3.48. The fraction of sp³-hybridized carbons (Fsp3) is 0.480. The number of sulfonamides is 1. The molecule has 6 nitrogen and oxygen atoms in total. The molecular formula is C25H32BrN3O3S. The molecule has 33 heavy (non-hydrogen) atoms. The number of nitrogens with zero attached hydrogens (tertiary/aromatic N) is 2. The monoisotopic (exact) mass is 533 g/mol. The maximum Gasteiger partial charge on any atom is 0.243 e. The van der Waals surface area contributed by atoms with E-state index in [0.717, 1.165) is 62.6 Å². The number of hydrogen-bond acceptors (Lipinski definition) is 4. The van der Waals surface area contributed by atoms with Gasteiger partial charge < -0.3 is 5.32 Å². The summed E-state index contributed by atoms with van der Waals surface area (Å²) in [6.45, 7) is 3.70. The van der Waals surface area contributed by atoms with E-state index in [0.29, 0.717) is 23.7 Å². The van der Waals surface area contributed by atoms with Gasteiger partial charge in [0.05, 0.1) is 10.8 Å². The van der Waals surface area contributed by atoms with Gasteiger partial charge in [-0.05, 0) is 74.2 Å². The highest BCUT2D eigenvalue weighted by molar-refractivity contribution is 9.10. The molecule has 1 amide bonds. The maximum atomic E-state index is 13.0. The number of piperidine rings is 1. The Kier molecular flexibility index (Phi) is 8.22. The van der Waals surface area contributed by atoms with Crippen LogP contribution in [-0.2, 0) is 21.4 Å². The van der Waals surface area contributed by atoms with E-state index in [-0.39, 0.29) is 11.8 Å². The molecule has 2 fully saturated rings. The second-order valence-electron chi connectivity index (χ2n) is 9.04. The van der Waals surface area contributed by atoms with Crippen molar-refractivity contribution in [3.05, 3.63) is 58.6 Å². The van der Waals surface area contributed by atoms with Crippen molar-refractivity contribution in [2.45, 2.75) is 50.0 Å². The number of amides is 1. The Bertz CT molecular complexity index is 1050. The van der Waals surface area contributed by atoms with Crippen LogP contribution in [0.25, 0.3) is 0 Å². The fourth-order valence-electron chi connectivity index (χ4n) is 4.69. The second kappa shape index (κ2) is 11.1. The third kappa shape index (κ3) is 6.44. The van der Waals surface area contributed by atoms with Crippen molar-refractivity contribution in [3.63, 3.8) is 0 Å². The molecule has 0 saturated carbocycles. The molecule has 1 N–H and O–H groups in total. The SMILES string of the molecule is O=C(Nc1ccc(S(=O)(=O)N2CCCCCC2)cc1)C1CCCN(Cc2cccc(Br)c2)C1. The molecule has 2 aliphatic heterocycles. The first kappa shape index (κ1) is 24.4. The third-order valence-corrected chi connectivity index (χ3v) is 8.90. The van der Waals surface area contributed by atoms with Gasteiger partial charge in [-0.2, -0.15) is 4.31 Å². The zero-order valence-corrected chi connectivity index (χ0v) is 21.3.